The summed E-state index contributed by atoms with van der Waals surface area (Å²) in [5.41, 5.74) is 34.1. The minimum Gasteiger partial charge on any atom is -0.489 e. The van der Waals surface area contributed by atoms with Crippen LogP contribution in [0.25, 0.3) is 0 Å². The van der Waals surface area contributed by atoms with Gasteiger partial charge >= 0.3 is 0 Å². The van der Waals surface area contributed by atoms with Gasteiger partial charge < -0.3 is 37.9 Å². The van der Waals surface area contributed by atoms with Gasteiger partial charge in [0, 0.05) is 24.3 Å². The summed E-state index contributed by atoms with van der Waals surface area (Å²) in [7, 11) is 0. The lowest BCUT2D eigenvalue weighted by molar-refractivity contribution is 0.276. The van der Waals surface area contributed by atoms with Crippen molar-refractivity contribution in [2.45, 2.75) is 191 Å². The Kier molecular flexibility index (Phi) is 29.3. The van der Waals surface area contributed by atoms with Gasteiger partial charge in [-0.05, 0) is 254 Å². The van der Waals surface area contributed by atoms with Crippen LogP contribution in [0.15, 0.2) is 218 Å². The minimum atomic E-state index is 0.310. The van der Waals surface area contributed by atoms with E-state index in [1.165, 1.54) is 117 Å². The van der Waals surface area contributed by atoms with Crippen molar-refractivity contribution in [1.82, 2.24) is 0 Å². The lowest BCUT2D eigenvalue weighted by Gasteiger charge is -2.16. The zero-order valence-electron chi connectivity index (χ0n) is 67.7. The Labute approximate surface area is 645 Å². The molecule has 0 aliphatic rings. The number of rotatable bonds is 24. The average molecular weight is 1440 g/mol. The molecular weight excluding hydrogens is 1330 g/mol. The first kappa shape index (κ1) is 81.1. The van der Waals surface area contributed by atoms with Gasteiger partial charge in [0.15, 0.2) is 0 Å². The van der Waals surface area contributed by atoms with Crippen LogP contribution in [0, 0.1) is 138 Å². The second-order valence-corrected chi connectivity index (χ2v) is 30.1. The van der Waals surface area contributed by atoms with E-state index in [1.54, 1.807) is 0 Å². The summed E-state index contributed by atoms with van der Waals surface area (Å²) in [6, 6.07) is 75.8. The second-order valence-electron chi connectivity index (χ2n) is 30.1. The van der Waals surface area contributed by atoms with Gasteiger partial charge in [0.05, 0.1) is 0 Å². The number of benzene rings is 12. The Hall–Kier alpha value is -11.0. The van der Waals surface area contributed by atoms with E-state index >= 15 is 0 Å². The predicted octanol–water partition coefficient (Wildman–Crippen LogP) is 25.5. The third-order valence-electron chi connectivity index (χ3n) is 18.1. The van der Waals surface area contributed by atoms with Crippen LogP contribution in [0.3, 0.4) is 0 Å². The Morgan fingerprint density at radius 2 is 0.296 bits per heavy atom. The van der Waals surface area contributed by atoms with Gasteiger partial charge in [-0.1, -0.05) is 235 Å². The maximum Gasteiger partial charge on any atom is 0.123 e. The van der Waals surface area contributed by atoms with Gasteiger partial charge in [-0.2, -0.15) is 0 Å². The van der Waals surface area contributed by atoms with Crippen LogP contribution in [-0.2, 0) is 52.9 Å². The normalized spacial score (nSPS) is 10.7. The monoisotopic (exact) mass is 1440 g/mol. The highest BCUT2D eigenvalue weighted by atomic mass is 16.5. The first-order chi connectivity index (χ1) is 51.5. The van der Waals surface area contributed by atoms with E-state index < -0.39 is 0 Å². The average Bonchev–Trinajstić information content (AvgIpc) is 0.852. The molecule has 12 aromatic carbocycles. The fraction of sp³-hybridized carbons (Fsp3) is 0.280. The van der Waals surface area contributed by atoms with Crippen molar-refractivity contribution in [1.29, 1.82) is 0 Å². The Morgan fingerprint density at radius 1 is 0.148 bits per heavy atom. The van der Waals surface area contributed by atoms with Crippen molar-refractivity contribution >= 4 is 0 Å². The summed E-state index contributed by atoms with van der Waals surface area (Å²) in [5, 5.41) is 0. The third-order valence-corrected chi connectivity index (χ3v) is 18.1. The zero-order valence-corrected chi connectivity index (χ0v) is 67.7. The molecule has 0 heterocycles. The lowest BCUT2D eigenvalue weighted by atomic mass is 10.0. The molecule has 8 nitrogen and oxygen atoms in total. The molecule has 108 heavy (non-hydrogen) atoms. The Bertz CT molecular complexity index is 4420. The molecule has 0 saturated carbocycles. The van der Waals surface area contributed by atoms with Crippen molar-refractivity contribution in [3.05, 3.63) is 374 Å². The summed E-state index contributed by atoms with van der Waals surface area (Å²) >= 11 is 0. The smallest absolute Gasteiger partial charge is 0.123 e. The molecule has 0 N–H and O–H groups in total. The number of ether oxygens (including phenoxy) is 8. The lowest BCUT2D eigenvalue weighted by Crippen LogP contribution is -2.03. The van der Waals surface area contributed by atoms with Gasteiger partial charge in [0.1, 0.15) is 98.9 Å². The maximum absolute atomic E-state index is 6.45. The van der Waals surface area contributed by atoms with Crippen molar-refractivity contribution < 1.29 is 37.9 Å². The zero-order chi connectivity index (χ0) is 77.6. The van der Waals surface area contributed by atoms with E-state index in [0.717, 1.165) is 73.4 Å². The van der Waals surface area contributed by atoms with Crippen molar-refractivity contribution in [2.24, 2.45) is 0 Å². The van der Waals surface area contributed by atoms with Gasteiger partial charge in [-0.15, -0.1) is 0 Å². The largest absolute Gasteiger partial charge is 0.489 e. The van der Waals surface area contributed by atoms with E-state index in [0.29, 0.717) is 64.4 Å². The molecule has 0 radical (unpaired) electrons. The highest BCUT2D eigenvalue weighted by Crippen LogP contribution is 2.32. The molecular formula is C100H112O8. The predicted molar refractivity (Wildman–Crippen MR) is 447 cm³/mol. The number of hydrogen-bond acceptors (Lipinski definition) is 8. The van der Waals surface area contributed by atoms with E-state index in [1.807, 2.05) is 85.8 Å². The first-order valence-electron chi connectivity index (χ1n) is 37.6. The molecule has 0 unspecified atom stereocenters. The van der Waals surface area contributed by atoms with Gasteiger partial charge in [-0.3, -0.25) is 0 Å². The van der Waals surface area contributed by atoms with E-state index in [4.69, 9.17) is 37.9 Å². The van der Waals surface area contributed by atoms with E-state index in [2.05, 4.69) is 271 Å². The van der Waals surface area contributed by atoms with Gasteiger partial charge in [0.25, 0.3) is 0 Å². The van der Waals surface area contributed by atoms with Crippen LogP contribution in [-0.4, -0.2) is 0 Å². The molecule has 12 aromatic rings. The van der Waals surface area contributed by atoms with E-state index in [-0.39, 0.29) is 0 Å². The molecule has 0 fully saturated rings. The molecule has 560 valence electrons. The molecule has 0 bridgehead atoms. The van der Waals surface area contributed by atoms with Crippen LogP contribution in [0.4, 0.5) is 0 Å². The molecule has 0 aliphatic heterocycles. The summed E-state index contributed by atoms with van der Waals surface area (Å²) in [4.78, 5) is 0. The fourth-order valence-corrected chi connectivity index (χ4v) is 14.0. The molecule has 0 aliphatic carbocycles. The van der Waals surface area contributed by atoms with Crippen LogP contribution < -0.4 is 37.9 Å². The van der Waals surface area contributed by atoms with Crippen molar-refractivity contribution in [3.63, 3.8) is 0 Å². The molecule has 0 atom stereocenters. The van der Waals surface area contributed by atoms with Crippen LogP contribution in [0.5, 0.6) is 46.0 Å². The summed E-state index contributed by atoms with van der Waals surface area (Å²) in [6.07, 6.45) is 0. The second kappa shape index (κ2) is 39.1. The van der Waals surface area contributed by atoms with Crippen molar-refractivity contribution in [2.75, 3.05) is 0 Å². The maximum atomic E-state index is 6.45. The molecule has 0 amide bonds. The van der Waals surface area contributed by atoms with Crippen LogP contribution >= 0.6 is 0 Å². The first-order valence-corrected chi connectivity index (χ1v) is 37.6. The summed E-state index contributed by atoms with van der Waals surface area (Å²) in [6.45, 7) is 45.9. The quantitative estimate of drug-likeness (QED) is 0.0592. The van der Waals surface area contributed by atoms with Crippen LogP contribution in [0.2, 0.25) is 0 Å². The number of aryl methyl sites for hydroxylation is 19. The molecule has 8 heteroatoms. The summed E-state index contributed by atoms with van der Waals surface area (Å²) in [5.74, 6) is 5.92. The van der Waals surface area contributed by atoms with Crippen LogP contribution in [0.1, 0.15) is 156 Å². The topological polar surface area (TPSA) is 73.8 Å². The van der Waals surface area contributed by atoms with Gasteiger partial charge in [0.2, 0.25) is 0 Å². The fourth-order valence-electron chi connectivity index (χ4n) is 14.0. The Balaban J connectivity index is 0.000000240. The molecule has 0 saturated heterocycles. The standard InChI is InChI=1S/C57H60O6.C24H26O2.C10H14.C9H12/c1-37-10-38(2)15-46(14-37)31-60-54-24-50(25-55(29-54)61-32-47-16-39(3)11-40(4)17-47)35-58-52-22-45(9)23-53(28-52)59-36-51-26-56(62-33-48-18-41(5)12-42(6)19-48)30-57(27-51)63-34-49-20-43(7)13-44(8)21-49;1-17-8-18(2)11-21(10-17)15-25-23-6-5-7-24(14-23)26-16-22-12-19(3)9-20(4)13-22;1-7-5-8(2)10(4)9(3)6-7;1-7-4-8(2)6-9(3)5-7/h10-30H,31-36H2,1-9H3;5-14H,15-16H2,1-4H3;5-6H,1-4H3;4-6H,1-3H3. The molecule has 0 spiro atoms. The highest BCUT2D eigenvalue weighted by Gasteiger charge is 2.13. The highest BCUT2D eigenvalue weighted by molar-refractivity contribution is 5.45. The molecule has 0 aromatic heterocycles. The SMILES string of the molecule is Cc1cc(C)c(C)c(C)c1.Cc1cc(C)cc(C)c1.Cc1cc(C)cc(COc2cc(COc3cc(C)cc(OCc4cc(OCc5cc(C)cc(C)c5)cc(OCc5cc(C)cc(C)c5)c4)c3)cc(OCc3cc(C)cc(C)c3)c2)c1.Cc1cc(C)cc(COc2cccc(OCc3cc(C)cc(C)c3)c2)c1. The van der Waals surface area contributed by atoms with Crippen molar-refractivity contribution in [3.8, 4) is 46.0 Å². The minimum absolute atomic E-state index is 0.310. The Morgan fingerprint density at radius 3 is 0.509 bits per heavy atom. The van der Waals surface area contributed by atoms with E-state index in [9.17, 15) is 0 Å². The van der Waals surface area contributed by atoms with Gasteiger partial charge in [-0.25, -0.2) is 0 Å². The summed E-state index contributed by atoms with van der Waals surface area (Å²) < 4.78 is 50.3. The molecule has 12 rings (SSSR count). The third kappa shape index (κ3) is 27.4. The number of hydrogen-bond donors (Lipinski definition) is 0.